The van der Waals surface area contributed by atoms with Gasteiger partial charge in [0.25, 0.3) is 0 Å². The molecule has 122 valence electrons. The molecular formula is C13H11F3N4OS2. The molecule has 0 bridgehead atoms. The molecule has 1 fully saturated rings. The number of amides is 1. The van der Waals surface area contributed by atoms with E-state index in [1.807, 2.05) is 0 Å². The highest BCUT2D eigenvalue weighted by molar-refractivity contribution is 7.99. The number of alkyl halides is 3. The van der Waals surface area contributed by atoms with Crippen LogP contribution in [-0.4, -0.2) is 26.8 Å². The van der Waals surface area contributed by atoms with Crippen molar-refractivity contribution in [3.8, 4) is 0 Å². The third kappa shape index (κ3) is 4.41. The van der Waals surface area contributed by atoms with Gasteiger partial charge in [0.15, 0.2) is 0 Å². The molecule has 1 aliphatic rings. The van der Waals surface area contributed by atoms with Crippen LogP contribution in [0.4, 0.5) is 18.3 Å². The summed E-state index contributed by atoms with van der Waals surface area (Å²) in [6.45, 7) is 0. The average molecular weight is 360 g/mol. The number of carbonyl (C=O) groups excluding carboxylic acids is 1. The van der Waals surface area contributed by atoms with E-state index >= 15 is 0 Å². The summed E-state index contributed by atoms with van der Waals surface area (Å²) in [5.41, 5.74) is -0.812. The number of nitrogens with zero attached hydrogens (tertiary/aromatic N) is 3. The minimum absolute atomic E-state index is 0.0384. The molecule has 2 aromatic heterocycles. The Morgan fingerprint density at radius 2 is 2.13 bits per heavy atom. The van der Waals surface area contributed by atoms with Crippen molar-refractivity contribution in [3.63, 3.8) is 0 Å². The minimum atomic E-state index is -4.41. The molecule has 1 amide bonds. The molecule has 0 aromatic carbocycles. The first kappa shape index (κ1) is 16.2. The molecule has 0 radical (unpaired) electrons. The molecule has 0 unspecified atom stereocenters. The van der Waals surface area contributed by atoms with Crippen LogP contribution in [0, 0.1) is 0 Å². The number of aromatic nitrogens is 3. The summed E-state index contributed by atoms with van der Waals surface area (Å²) in [7, 11) is 0. The van der Waals surface area contributed by atoms with Gasteiger partial charge in [-0.3, -0.25) is 10.1 Å². The lowest BCUT2D eigenvalue weighted by Gasteiger charge is -2.06. The van der Waals surface area contributed by atoms with Gasteiger partial charge < -0.3 is 0 Å². The first-order valence-electron chi connectivity index (χ1n) is 6.71. The van der Waals surface area contributed by atoms with Crippen molar-refractivity contribution in [2.45, 2.75) is 30.0 Å². The quantitative estimate of drug-likeness (QED) is 0.826. The zero-order valence-electron chi connectivity index (χ0n) is 11.6. The van der Waals surface area contributed by atoms with E-state index in [9.17, 15) is 18.0 Å². The van der Waals surface area contributed by atoms with Crippen LogP contribution in [0.25, 0.3) is 0 Å². The molecule has 3 rings (SSSR count). The highest BCUT2D eigenvalue weighted by atomic mass is 32.2. The summed E-state index contributed by atoms with van der Waals surface area (Å²) < 4.78 is 37.2. The molecule has 1 aliphatic carbocycles. The van der Waals surface area contributed by atoms with Crippen molar-refractivity contribution in [2.75, 3.05) is 11.1 Å². The minimum Gasteiger partial charge on any atom is -0.300 e. The summed E-state index contributed by atoms with van der Waals surface area (Å²) in [5.74, 6) is 0.218. The molecule has 1 saturated carbocycles. The molecule has 2 aromatic rings. The van der Waals surface area contributed by atoms with Gasteiger partial charge in [-0.25, -0.2) is 4.98 Å². The fourth-order valence-corrected chi connectivity index (χ4v) is 3.28. The second-order valence-corrected chi connectivity index (χ2v) is 6.94. The first-order valence-corrected chi connectivity index (χ1v) is 8.51. The molecule has 0 spiro atoms. The third-order valence-corrected chi connectivity index (χ3v) is 4.97. The summed E-state index contributed by atoms with van der Waals surface area (Å²) in [6.07, 6.45) is -1.44. The largest absolute Gasteiger partial charge is 0.417 e. The Hall–Kier alpha value is -1.68. The van der Waals surface area contributed by atoms with Gasteiger partial charge in [0.05, 0.1) is 16.3 Å². The fraction of sp³-hybridized carbons (Fsp3) is 0.385. The first-order chi connectivity index (χ1) is 10.9. The summed E-state index contributed by atoms with van der Waals surface area (Å²) >= 11 is 2.41. The topological polar surface area (TPSA) is 67.8 Å². The van der Waals surface area contributed by atoms with E-state index < -0.39 is 11.7 Å². The molecule has 1 N–H and O–H groups in total. The van der Waals surface area contributed by atoms with Crippen LogP contribution < -0.4 is 5.32 Å². The Labute approximate surface area is 137 Å². The van der Waals surface area contributed by atoms with E-state index in [0.717, 1.165) is 41.9 Å². The summed E-state index contributed by atoms with van der Waals surface area (Å²) in [6, 6.07) is 2.19. The normalized spacial score (nSPS) is 14.7. The average Bonchev–Trinajstić information content (AvgIpc) is 3.25. The molecule has 23 heavy (non-hydrogen) atoms. The van der Waals surface area contributed by atoms with E-state index in [-0.39, 0.29) is 11.7 Å². The molecular weight excluding hydrogens is 349 g/mol. The van der Waals surface area contributed by atoms with Crippen molar-refractivity contribution < 1.29 is 18.0 Å². The zero-order valence-corrected chi connectivity index (χ0v) is 13.3. The van der Waals surface area contributed by atoms with Crippen LogP contribution in [0.2, 0.25) is 0 Å². The Morgan fingerprint density at radius 1 is 1.35 bits per heavy atom. The number of anilines is 1. The maximum atomic E-state index is 12.4. The van der Waals surface area contributed by atoms with Gasteiger partial charge in [0.1, 0.15) is 5.01 Å². The molecule has 0 aliphatic heterocycles. The van der Waals surface area contributed by atoms with Crippen LogP contribution in [0.5, 0.6) is 0 Å². The van der Waals surface area contributed by atoms with E-state index in [2.05, 4.69) is 20.5 Å². The number of halogens is 3. The smallest absolute Gasteiger partial charge is 0.300 e. The van der Waals surface area contributed by atoms with Crippen LogP contribution in [0.15, 0.2) is 23.4 Å². The molecule has 2 heterocycles. The SMILES string of the molecule is O=C(CSc1ccc(C(F)(F)F)cn1)Nc1nnc(C2CC2)s1. The van der Waals surface area contributed by atoms with Gasteiger partial charge in [-0.05, 0) is 25.0 Å². The van der Waals surface area contributed by atoms with Gasteiger partial charge in [0, 0.05) is 12.1 Å². The third-order valence-electron chi connectivity index (χ3n) is 3.03. The highest BCUT2D eigenvalue weighted by Gasteiger charge is 2.30. The Balaban J connectivity index is 1.50. The van der Waals surface area contributed by atoms with E-state index in [1.54, 1.807) is 0 Å². The van der Waals surface area contributed by atoms with E-state index in [4.69, 9.17) is 0 Å². The molecule has 0 atom stereocenters. The predicted octanol–water partition coefficient (Wildman–Crippen LogP) is 3.56. The number of thioether (sulfide) groups is 1. The fourth-order valence-electron chi connectivity index (χ4n) is 1.71. The second-order valence-electron chi connectivity index (χ2n) is 4.94. The maximum absolute atomic E-state index is 12.4. The highest BCUT2D eigenvalue weighted by Crippen LogP contribution is 2.42. The predicted molar refractivity (Wildman–Crippen MR) is 80.5 cm³/mol. The van der Waals surface area contributed by atoms with Crippen LogP contribution in [-0.2, 0) is 11.0 Å². The number of carbonyl (C=O) groups is 1. The number of pyridine rings is 1. The van der Waals surface area contributed by atoms with E-state index in [1.165, 1.54) is 17.4 Å². The standard InChI is InChI=1S/C13H11F3N4OS2/c14-13(15,16)8-3-4-10(17-5-8)22-6-9(21)18-12-20-19-11(23-12)7-1-2-7/h3-5,7H,1-2,6H2,(H,18,20,21). The van der Waals surface area contributed by atoms with Crippen LogP contribution in [0.3, 0.4) is 0 Å². The second kappa shape index (κ2) is 6.44. The van der Waals surface area contributed by atoms with Crippen molar-refractivity contribution in [2.24, 2.45) is 0 Å². The van der Waals surface area contributed by atoms with Crippen molar-refractivity contribution in [1.82, 2.24) is 15.2 Å². The lowest BCUT2D eigenvalue weighted by atomic mass is 10.3. The number of rotatable bonds is 5. The summed E-state index contributed by atoms with van der Waals surface area (Å²) in [5, 5.41) is 12.3. The number of hydrogen-bond donors (Lipinski definition) is 1. The summed E-state index contributed by atoms with van der Waals surface area (Å²) in [4.78, 5) is 15.5. The zero-order chi connectivity index (χ0) is 16.4. The van der Waals surface area contributed by atoms with Gasteiger partial charge in [0.2, 0.25) is 11.0 Å². The van der Waals surface area contributed by atoms with E-state index in [0.29, 0.717) is 16.1 Å². The van der Waals surface area contributed by atoms with Crippen LogP contribution >= 0.6 is 23.1 Å². The van der Waals surface area contributed by atoms with Gasteiger partial charge in [-0.1, -0.05) is 23.1 Å². The number of hydrogen-bond acceptors (Lipinski definition) is 6. The lowest BCUT2D eigenvalue weighted by Crippen LogP contribution is -2.14. The van der Waals surface area contributed by atoms with Crippen molar-refractivity contribution in [1.29, 1.82) is 0 Å². The monoisotopic (exact) mass is 360 g/mol. The molecule has 10 heteroatoms. The van der Waals surface area contributed by atoms with Gasteiger partial charge in [-0.15, -0.1) is 10.2 Å². The maximum Gasteiger partial charge on any atom is 0.417 e. The lowest BCUT2D eigenvalue weighted by molar-refractivity contribution is -0.137. The molecule has 5 nitrogen and oxygen atoms in total. The Kier molecular flexibility index (Phi) is 4.53. The van der Waals surface area contributed by atoms with Crippen molar-refractivity contribution >= 4 is 34.1 Å². The number of nitrogens with one attached hydrogen (secondary N) is 1. The van der Waals surface area contributed by atoms with Crippen molar-refractivity contribution in [3.05, 3.63) is 28.9 Å². The van der Waals surface area contributed by atoms with Crippen LogP contribution in [0.1, 0.15) is 29.3 Å². The van der Waals surface area contributed by atoms with Gasteiger partial charge >= 0.3 is 6.18 Å². The van der Waals surface area contributed by atoms with Gasteiger partial charge in [-0.2, -0.15) is 13.2 Å². The Morgan fingerprint density at radius 3 is 2.74 bits per heavy atom. The Bertz CT molecular complexity index is 698. The molecule has 0 saturated heterocycles.